The Kier molecular flexibility index (Phi) is 6.90. The molecule has 0 aliphatic heterocycles. The zero-order chi connectivity index (χ0) is 7.89. The summed E-state index contributed by atoms with van der Waals surface area (Å²) < 4.78 is 0. The van der Waals surface area contributed by atoms with Crippen LogP contribution in [0.2, 0.25) is 0 Å². The molecule has 0 saturated heterocycles. The fourth-order valence-electron chi connectivity index (χ4n) is 2.39. The molecule has 1 fully saturated rings. The number of rotatable bonds is 0. The van der Waals surface area contributed by atoms with Crippen LogP contribution in [0.25, 0.3) is 0 Å². The SMILES string of the molecule is CC1C(C)C(C)C(C)C1C.[CH3-].[Ti]. The third-order valence-electron chi connectivity index (χ3n) is 4.15. The topological polar surface area (TPSA) is 0 Å². The van der Waals surface area contributed by atoms with Gasteiger partial charge in [-0.2, -0.15) is 0 Å². The van der Waals surface area contributed by atoms with E-state index >= 15 is 0 Å². The minimum Gasteiger partial charge on any atom is -0.358 e. The number of hydrogen-bond donors (Lipinski definition) is 0. The number of hydrogen-bond acceptors (Lipinski definition) is 0. The van der Waals surface area contributed by atoms with Crippen molar-refractivity contribution in [3.8, 4) is 0 Å². The summed E-state index contributed by atoms with van der Waals surface area (Å²) in [6.07, 6.45) is 0. The zero-order valence-corrected chi connectivity index (χ0v) is 10.9. The molecule has 0 nitrogen and oxygen atoms in total. The fourth-order valence-corrected chi connectivity index (χ4v) is 2.39. The maximum Gasteiger partial charge on any atom is 0 e. The summed E-state index contributed by atoms with van der Waals surface area (Å²) in [5.74, 6) is 4.68. The maximum absolute atomic E-state index is 2.40. The first-order valence-corrected chi connectivity index (χ1v) is 4.55. The second-order valence-electron chi connectivity index (χ2n) is 4.30. The Bertz CT molecular complexity index is 77.3. The Hall–Kier alpha value is 0.714. The van der Waals surface area contributed by atoms with Gasteiger partial charge in [0.2, 0.25) is 0 Å². The molecule has 12 heavy (non-hydrogen) atoms. The van der Waals surface area contributed by atoms with Crippen LogP contribution in [-0.4, -0.2) is 0 Å². The van der Waals surface area contributed by atoms with E-state index in [0.717, 1.165) is 29.6 Å². The van der Waals surface area contributed by atoms with E-state index in [2.05, 4.69) is 34.6 Å². The Balaban J connectivity index is 0. The molecule has 0 radical (unpaired) electrons. The molecule has 0 aromatic rings. The monoisotopic (exact) mass is 203 g/mol. The zero-order valence-electron chi connectivity index (χ0n) is 9.39. The average molecular weight is 203 g/mol. The summed E-state index contributed by atoms with van der Waals surface area (Å²) in [6, 6.07) is 0. The van der Waals surface area contributed by atoms with Crippen LogP contribution in [0.15, 0.2) is 0 Å². The van der Waals surface area contributed by atoms with Gasteiger partial charge in [0.25, 0.3) is 0 Å². The second kappa shape index (κ2) is 5.45. The van der Waals surface area contributed by atoms with Gasteiger partial charge in [-0.3, -0.25) is 0 Å². The first kappa shape index (κ1) is 15.2. The van der Waals surface area contributed by atoms with Crippen LogP contribution >= 0.6 is 0 Å². The second-order valence-corrected chi connectivity index (χ2v) is 4.30. The van der Waals surface area contributed by atoms with Gasteiger partial charge in [-0.1, -0.05) is 34.6 Å². The molecule has 0 atom stereocenters. The summed E-state index contributed by atoms with van der Waals surface area (Å²) in [5, 5.41) is 0. The van der Waals surface area contributed by atoms with Crippen LogP contribution in [0.1, 0.15) is 34.6 Å². The summed E-state index contributed by atoms with van der Waals surface area (Å²) in [5.41, 5.74) is 0. The molecule has 0 heterocycles. The van der Waals surface area contributed by atoms with Gasteiger partial charge in [0, 0.05) is 21.7 Å². The van der Waals surface area contributed by atoms with Gasteiger partial charge in [-0.15, -0.1) is 0 Å². The molecule has 1 rings (SSSR count). The standard InChI is InChI=1S/C10H20.CH3.Ti/c1-6-7(2)9(4)10(5)8(6)3;;/h6-10H,1-5H3;1H3;/q;-1;. The largest absolute Gasteiger partial charge is 0.358 e. The van der Waals surface area contributed by atoms with Gasteiger partial charge in [0.15, 0.2) is 0 Å². The van der Waals surface area contributed by atoms with Crippen LogP contribution in [0.4, 0.5) is 0 Å². The molecule has 1 aliphatic carbocycles. The van der Waals surface area contributed by atoms with E-state index in [1.165, 1.54) is 0 Å². The van der Waals surface area contributed by atoms with E-state index < -0.39 is 0 Å². The molecule has 0 amide bonds. The molecule has 0 unspecified atom stereocenters. The van der Waals surface area contributed by atoms with Crippen molar-refractivity contribution in [2.45, 2.75) is 34.6 Å². The van der Waals surface area contributed by atoms with E-state index in [-0.39, 0.29) is 29.1 Å². The van der Waals surface area contributed by atoms with Gasteiger partial charge < -0.3 is 7.43 Å². The Morgan fingerprint density at radius 3 is 0.667 bits per heavy atom. The van der Waals surface area contributed by atoms with E-state index in [4.69, 9.17) is 0 Å². The first-order chi connectivity index (χ1) is 4.55. The molecular weight excluding hydrogens is 180 g/mol. The van der Waals surface area contributed by atoms with Crippen molar-refractivity contribution in [3.05, 3.63) is 7.43 Å². The van der Waals surface area contributed by atoms with Crippen molar-refractivity contribution in [2.24, 2.45) is 29.6 Å². The molecule has 0 aromatic heterocycles. The van der Waals surface area contributed by atoms with Crippen molar-refractivity contribution < 1.29 is 21.7 Å². The maximum atomic E-state index is 2.40. The molecular formula is C11H23Ti-. The minimum absolute atomic E-state index is 0. The molecule has 0 N–H and O–H groups in total. The molecule has 0 aromatic carbocycles. The smallest absolute Gasteiger partial charge is 0 e. The fraction of sp³-hybridized carbons (Fsp3) is 0.909. The molecule has 0 spiro atoms. The Morgan fingerprint density at radius 1 is 0.500 bits per heavy atom. The van der Waals surface area contributed by atoms with Crippen LogP contribution < -0.4 is 0 Å². The summed E-state index contributed by atoms with van der Waals surface area (Å²) in [6.45, 7) is 12.0. The van der Waals surface area contributed by atoms with Crippen molar-refractivity contribution in [3.63, 3.8) is 0 Å². The minimum atomic E-state index is 0. The van der Waals surface area contributed by atoms with Gasteiger partial charge >= 0.3 is 0 Å². The summed E-state index contributed by atoms with van der Waals surface area (Å²) in [7, 11) is 0. The molecule has 0 bridgehead atoms. The predicted octanol–water partition coefficient (Wildman–Crippen LogP) is 3.63. The molecule has 1 saturated carbocycles. The van der Waals surface area contributed by atoms with Crippen LogP contribution in [0.3, 0.4) is 0 Å². The van der Waals surface area contributed by atoms with E-state index in [0.29, 0.717) is 0 Å². The molecule has 1 heteroatoms. The van der Waals surface area contributed by atoms with Gasteiger partial charge in [0.1, 0.15) is 0 Å². The normalized spacial score (nSPS) is 46.2. The summed E-state index contributed by atoms with van der Waals surface area (Å²) in [4.78, 5) is 0. The third-order valence-corrected chi connectivity index (χ3v) is 4.15. The predicted molar refractivity (Wildman–Crippen MR) is 52.2 cm³/mol. The van der Waals surface area contributed by atoms with Gasteiger partial charge in [-0.05, 0) is 29.6 Å². The van der Waals surface area contributed by atoms with E-state index in [9.17, 15) is 0 Å². The third kappa shape index (κ3) is 2.36. The van der Waals surface area contributed by atoms with E-state index in [1.54, 1.807) is 0 Å². The molecule has 72 valence electrons. The first-order valence-electron chi connectivity index (χ1n) is 4.55. The van der Waals surface area contributed by atoms with Crippen molar-refractivity contribution >= 4 is 0 Å². The van der Waals surface area contributed by atoms with Crippen molar-refractivity contribution in [2.75, 3.05) is 0 Å². The van der Waals surface area contributed by atoms with Crippen LogP contribution in [0, 0.1) is 37.0 Å². The Labute approximate surface area is 93.4 Å². The van der Waals surface area contributed by atoms with Gasteiger partial charge in [0.05, 0.1) is 0 Å². The van der Waals surface area contributed by atoms with Crippen LogP contribution in [0.5, 0.6) is 0 Å². The van der Waals surface area contributed by atoms with E-state index in [1.807, 2.05) is 0 Å². The van der Waals surface area contributed by atoms with Gasteiger partial charge in [-0.25, -0.2) is 0 Å². The molecule has 1 aliphatic rings. The van der Waals surface area contributed by atoms with Crippen molar-refractivity contribution in [1.82, 2.24) is 0 Å². The Morgan fingerprint density at radius 2 is 0.583 bits per heavy atom. The quantitative estimate of drug-likeness (QED) is 0.416. The van der Waals surface area contributed by atoms with Crippen LogP contribution in [-0.2, 0) is 21.7 Å². The average Bonchev–Trinajstić information content (AvgIpc) is 2.07. The summed E-state index contributed by atoms with van der Waals surface area (Å²) >= 11 is 0. The van der Waals surface area contributed by atoms with Crippen molar-refractivity contribution in [1.29, 1.82) is 0 Å².